The van der Waals surface area contributed by atoms with Gasteiger partial charge in [-0.25, -0.2) is 4.68 Å². The Kier molecular flexibility index (Phi) is 4.95. The molecule has 122 valence electrons. The minimum absolute atomic E-state index is 0.214. The van der Waals surface area contributed by atoms with Gasteiger partial charge in [0.25, 0.3) is 0 Å². The molecule has 7 heteroatoms. The van der Waals surface area contributed by atoms with Crippen molar-refractivity contribution in [1.29, 1.82) is 0 Å². The van der Waals surface area contributed by atoms with Crippen LogP contribution in [-0.2, 0) is 11.2 Å². The molecule has 1 aromatic carbocycles. The minimum atomic E-state index is 0.214. The molecule has 1 unspecified atom stereocenters. The molecule has 23 heavy (non-hydrogen) atoms. The van der Waals surface area contributed by atoms with Gasteiger partial charge in [0.15, 0.2) is 0 Å². The number of tetrazole rings is 1. The smallest absolute Gasteiger partial charge is 0.227 e. The summed E-state index contributed by atoms with van der Waals surface area (Å²) in [6.45, 7) is 6.17. The third-order valence-corrected chi connectivity index (χ3v) is 5.63. The number of benzene rings is 1. The molecule has 1 fully saturated rings. The number of rotatable bonds is 4. The van der Waals surface area contributed by atoms with Crippen molar-refractivity contribution in [2.24, 2.45) is 5.92 Å². The summed E-state index contributed by atoms with van der Waals surface area (Å²) < 4.78 is 1.60. The van der Waals surface area contributed by atoms with Crippen LogP contribution in [0.15, 0.2) is 30.6 Å². The van der Waals surface area contributed by atoms with Crippen molar-refractivity contribution in [2.75, 3.05) is 18.8 Å². The number of aromatic nitrogens is 4. The van der Waals surface area contributed by atoms with E-state index in [0.717, 1.165) is 30.1 Å². The van der Waals surface area contributed by atoms with Gasteiger partial charge >= 0.3 is 0 Å². The summed E-state index contributed by atoms with van der Waals surface area (Å²) >= 11 is 1.98. The lowest BCUT2D eigenvalue weighted by Gasteiger charge is -2.34. The summed E-state index contributed by atoms with van der Waals surface area (Å²) in [6, 6.07) is 7.80. The first-order valence-electron chi connectivity index (χ1n) is 7.85. The van der Waals surface area contributed by atoms with E-state index in [9.17, 15) is 4.79 Å². The number of hydrogen-bond acceptors (Lipinski definition) is 5. The SMILES string of the molecule is CC(C)C1CN(C(=O)Cc2ccc(-n3cnnn3)cc2)CCS1. The molecule has 1 saturated heterocycles. The summed E-state index contributed by atoms with van der Waals surface area (Å²) in [5, 5.41) is 11.6. The lowest BCUT2D eigenvalue weighted by atomic mass is 10.1. The highest BCUT2D eigenvalue weighted by Gasteiger charge is 2.25. The van der Waals surface area contributed by atoms with Crippen LogP contribution >= 0.6 is 11.8 Å². The summed E-state index contributed by atoms with van der Waals surface area (Å²) in [5.74, 6) is 1.85. The van der Waals surface area contributed by atoms with Crippen molar-refractivity contribution in [3.8, 4) is 5.69 Å². The third kappa shape index (κ3) is 3.90. The van der Waals surface area contributed by atoms with Gasteiger partial charge in [-0.05, 0) is 34.0 Å². The van der Waals surface area contributed by atoms with Crippen LogP contribution in [0.5, 0.6) is 0 Å². The average molecular weight is 331 g/mol. The number of amides is 1. The molecule has 0 aliphatic carbocycles. The van der Waals surface area contributed by atoms with Crippen molar-refractivity contribution in [2.45, 2.75) is 25.5 Å². The summed E-state index contributed by atoms with van der Waals surface area (Å²) in [6.07, 6.45) is 2.00. The molecule has 2 aromatic rings. The number of nitrogens with zero attached hydrogens (tertiary/aromatic N) is 5. The normalized spacial score (nSPS) is 18.4. The number of carbonyl (C=O) groups excluding carboxylic acids is 1. The predicted octanol–water partition coefficient (Wildman–Crippen LogP) is 1.80. The molecule has 0 N–H and O–H groups in total. The number of thioether (sulfide) groups is 1. The molecule has 2 heterocycles. The molecule has 1 aliphatic rings. The zero-order valence-electron chi connectivity index (χ0n) is 13.4. The van der Waals surface area contributed by atoms with Gasteiger partial charge in [0, 0.05) is 24.1 Å². The minimum Gasteiger partial charge on any atom is -0.340 e. The largest absolute Gasteiger partial charge is 0.340 e. The molecule has 0 bridgehead atoms. The Labute approximate surface area is 140 Å². The van der Waals surface area contributed by atoms with Gasteiger partial charge in [0.1, 0.15) is 6.33 Å². The molecule has 0 saturated carbocycles. The first kappa shape index (κ1) is 16.0. The zero-order valence-corrected chi connectivity index (χ0v) is 14.2. The molecule has 0 radical (unpaired) electrons. The van der Waals surface area contributed by atoms with Crippen LogP contribution in [-0.4, -0.2) is 55.1 Å². The van der Waals surface area contributed by atoms with E-state index in [1.54, 1.807) is 11.0 Å². The van der Waals surface area contributed by atoms with Crippen LogP contribution in [0.1, 0.15) is 19.4 Å². The maximum absolute atomic E-state index is 12.5. The fraction of sp³-hybridized carbons (Fsp3) is 0.500. The Morgan fingerprint density at radius 3 is 2.78 bits per heavy atom. The second-order valence-corrected chi connectivity index (χ2v) is 7.44. The monoisotopic (exact) mass is 331 g/mol. The highest BCUT2D eigenvalue weighted by molar-refractivity contribution is 8.00. The second-order valence-electron chi connectivity index (χ2n) is 6.09. The Balaban J connectivity index is 1.61. The lowest BCUT2D eigenvalue weighted by Crippen LogP contribution is -2.44. The van der Waals surface area contributed by atoms with E-state index in [2.05, 4.69) is 29.4 Å². The Hall–Kier alpha value is -1.89. The van der Waals surface area contributed by atoms with E-state index in [4.69, 9.17) is 0 Å². The fourth-order valence-electron chi connectivity index (χ4n) is 2.64. The first-order chi connectivity index (χ1) is 11.1. The number of carbonyl (C=O) groups is 1. The second kappa shape index (κ2) is 7.12. The highest BCUT2D eigenvalue weighted by Crippen LogP contribution is 2.25. The molecular formula is C16H21N5OS. The molecule has 6 nitrogen and oxygen atoms in total. The summed E-state index contributed by atoms with van der Waals surface area (Å²) in [5.41, 5.74) is 1.91. The maximum Gasteiger partial charge on any atom is 0.227 e. The molecule has 1 amide bonds. The lowest BCUT2D eigenvalue weighted by molar-refractivity contribution is -0.130. The van der Waals surface area contributed by atoms with E-state index in [0.29, 0.717) is 17.6 Å². The molecule has 1 aliphatic heterocycles. The molecule has 1 atom stereocenters. The van der Waals surface area contributed by atoms with E-state index in [1.165, 1.54) is 0 Å². The van der Waals surface area contributed by atoms with Crippen LogP contribution < -0.4 is 0 Å². The Bertz CT molecular complexity index is 641. The highest BCUT2D eigenvalue weighted by atomic mass is 32.2. The Morgan fingerprint density at radius 1 is 1.35 bits per heavy atom. The maximum atomic E-state index is 12.5. The quantitative estimate of drug-likeness (QED) is 0.855. The fourth-order valence-corrected chi connectivity index (χ4v) is 3.94. The van der Waals surface area contributed by atoms with Crippen molar-refractivity contribution in [1.82, 2.24) is 25.1 Å². The molecule has 1 aromatic heterocycles. The van der Waals surface area contributed by atoms with Gasteiger partial charge in [-0.2, -0.15) is 11.8 Å². The molecule has 0 spiro atoms. The van der Waals surface area contributed by atoms with Crippen molar-refractivity contribution >= 4 is 17.7 Å². The first-order valence-corrected chi connectivity index (χ1v) is 8.90. The topological polar surface area (TPSA) is 63.9 Å². The molecule has 3 rings (SSSR count). The summed E-state index contributed by atoms with van der Waals surface area (Å²) in [4.78, 5) is 14.5. The average Bonchev–Trinajstić information content (AvgIpc) is 3.10. The van der Waals surface area contributed by atoms with Crippen molar-refractivity contribution < 1.29 is 4.79 Å². The van der Waals surface area contributed by atoms with Crippen LogP contribution in [0.3, 0.4) is 0 Å². The van der Waals surface area contributed by atoms with Gasteiger partial charge in [-0.15, -0.1) is 5.10 Å². The predicted molar refractivity (Wildman–Crippen MR) is 90.5 cm³/mol. The van der Waals surface area contributed by atoms with Gasteiger partial charge in [0.05, 0.1) is 12.1 Å². The van der Waals surface area contributed by atoms with Crippen molar-refractivity contribution in [3.05, 3.63) is 36.2 Å². The van der Waals surface area contributed by atoms with Gasteiger partial charge in [-0.1, -0.05) is 26.0 Å². The van der Waals surface area contributed by atoms with E-state index >= 15 is 0 Å². The molecular weight excluding hydrogens is 310 g/mol. The van der Waals surface area contributed by atoms with Crippen LogP contribution in [0.4, 0.5) is 0 Å². The van der Waals surface area contributed by atoms with Gasteiger partial charge in [0.2, 0.25) is 5.91 Å². The van der Waals surface area contributed by atoms with Crippen LogP contribution in [0, 0.1) is 5.92 Å². The number of hydrogen-bond donors (Lipinski definition) is 0. The van der Waals surface area contributed by atoms with Crippen molar-refractivity contribution in [3.63, 3.8) is 0 Å². The summed E-state index contributed by atoms with van der Waals surface area (Å²) in [7, 11) is 0. The van der Waals surface area contributed by atoms with E-state index < -0.39 is 0 Å². The Morgan fingerprint density at radius 2 is 2.13 bits per heavy atom. The van der Waals surface area contributed by atoms with E-state index in [1.807, 2.05) is 40.9 Å². The van der Waals surface area contributed by atoms with E-state index in [-0.39, 0.29) is 5.91 Å². The third-order valence-electron chi connectivity index (χ3n) is 4.09. The van der Waals surface area contributed by atoms with Crippen LogP contribution in [0.2, 0.25) is 0 Å². The van der Waals surface area contributed by atoms with Gasteiger partial charge < -0.3 is 4.90 Å². The zero-order chi connectivity index (χ0) is 16.2. The van der Waals surface area contributed by atoms with Crippen LogP contribution in [0.25, 0.3) is 5.69 Å². The standard InChI is InChI=1S/C16H21N5OS/c1-12(2)15-10-20(7-8-23-15)16(22)9-13-3-5-14(6-4-13)21-11-17-18-19-21/h3-6,11-12,15H,7-10H2,1-2H3. The van der Waals surface area contributed by atoms with Gasteiger partial charge in [-0.3, -0.25) is 4.79 Å².